The molecule has 0 aliphatic heterocycles. The molecule has 132 valence electrons. The van der Waals surface area contributed by atoms with E-state index < -0.39 is 18.2 Å². The summed E-state index contributed by atoms with van der Waals surface area (Å²) in [6, 6.07) is 13.5. The first-order chi connectivity index (χ1) is 11.9. The molecule has 2 aromatic carbocycles. The highest BCUT2D eigenvalue weighted by Crippen LogP contribution is 2.26. The van der Waals surface area contributed by atoms with E-state index in [1.165, 1.54) is 0 Å². The number of ether oxygens (including phenoxy) is 1. The van der Waals surface area contributed by atoms with Crippen LogP contribution in [0.25, 0.3) is 0 Å². The molecular formula is C19H23N3O3. The Morgan fingerprint density at radius 3 is 2.32 bits per heavy atom. The highest BCUT2D eigenvalue weighted by molar-refractivity contribution is 6.07. The summed E-state index contributed by atoms with van der Waals surface area (Å²) in [7, 11) is 0. The quantitative estimate of drug-likeness (QED) is 0.575. The summed E-state index contributed by atoms with van der Waals surface area (Å²) in [4.78, 5) is 24.1. The number of hydrogen-bond acceptors (Lipinski definition) is 4. The fraction of sp³-hybridized carbons (Fsp3) is 0.263. The molecule has 0 bridgehead atoms. The highest BCUT2D eigenvalue weighted by atomic mass is 16.5. The Hall–Kier alpha value is -3.02. The number of anilines is 1. The van der Waals surface area contributed by atoms with Gasteiger partial charge in [0.2, 0.25) is 0 Å². The van der Waals surface area contributed by atoms with Crippen molar-refractivity contribution in [2.45, 2.75) is 32.9 Å². The Bertz CT molecular complexity index is 759. The number of nitrogens with one attached hydrogen (secondary N) is 2. The number of nitrogens with two attached hydrogens (primary N) is 1. The van der Waals surface area contributed by atoms with Crippen LogP contribution in [-0.2, 0) is 0 Å². The normalized spacial score (nSPS) is 11.7. The Kier molecular flexibility index (Phi) is 6.00. The molecule has 1 atom stereocenters. The zero-order chi connectivity index (χ0) is 18.4. The summed E-state index contributed by atoms with van der Waals surface area (Å²) < 4.78 is 5.78. The van der Waals surface area contributed by atoms with Gasteiger partial charge >= 0.3 is 6.03 Å². The largest absolute Gasteiger partial charge is 0.471 e. The van der Waals surface area contributed by atoms with Gasteiger partial charge in [0.25, 0.3) is 5.91 Å². The van der Waals surface area contributed by atoms with Gasteiger partial charge in [0, 0.05) is 5.69 Å². The number of imide groups is 1. The van der Waals surface area contributed by atoms with E-state index in [0.717, 1.165) is 5.56 Å². The van der Waals surface area contributed by atoms with Crippen LogP contribution in [0.4, 0.5) is 10.5 Å². The lowest BCUT2D eigenvalue weighted by Gasteiger charge is -2.20. The molecule has 0 aromatic heterocycles. The minimum absolute atomic E-state index is 0.247. The molecule has 2 aromatic rings. The fourth-order valence-electron chi connectivity index (χ4n) is 2.38. The Morgan fingerprint density at radius 1 is 1.00 bits per heavy atom. The minimum Gasteiger partial charge on any atom is -0.471 e. The van der Waals surface area contributed by atoms with Crippen LogP contribution in [0.5, 0.6) is 5.75 Å². The minimum atomic E-state index is -0.650. The zero-order valence-electron chi connectivity index (χ0n) is 14.6. The number of urea groups is 1. The number of amides is 3. The van der Waals surface area contributed by atoms with Crippen LogP contribution in [0.2, 0.25) is 0 Å². The standard InChI is InChI=1S/C19H23N3O3/c1-12(2)14-8-5-7-11-17(14)25-13(3)21-19(24)22-18(23)15-9-4-6-10-16(15)20/h4-13H,20H2,1-3H3,(H2,21,22,23,24). The van der Waals surface area contributed by atoms with Crippen molar-refractivity contribution < 1.29 is 14.3 Å². The van der Waals surface area contributed by atoms with Crippen LogP contribution in [0.3, 0.4) is 0 Å². The first-order valence-corrected chi connectivity index (χ1v) is 8.10. The van der Waals surface area contributed by atoms with Gasteiger partial charge in [-0.2, -0.15) is 0 Å². The van der Waals surface area contributed by atoms with E-state index in [0.29, 0.717) is 17.4 Å². The lowest BCUT2D eigenvalue weighted by molar-refractivity contribution is 0.0959. The monoisotopic (exact) mass is 341 g/mol. The lowest BCUT2D eigenvalue weighted by atomic mass is 10.0. The molecule has 6 heteroatoms. The first kappa shape index (κ1) is 18.3. The van der Waals surface area contributed by atoms with Gasteiger partial charge < -0.3 is 15.8 Å². The molecule has 0 spiro atoms. The summed E-state index contributed by atoms with van der Waals surface area (Å²) >= 11 is 0. The van der Waals surface area contributed by atoms with E-state index in [-0.39, 0.29) is 5.56 Å². The summed E-state index contributed by atoms with van der Waals surface area (Å²) in [6.45, 7) is 5.82. The van der Waals surface area contributed by atoms with E-state index in [1.54, 1.807) is 31.2 Å². The lowest BCUT2D eigenvalue weighted by Crippen LogP contribution is -2.45. The molecule has 25 heavy (non-hydrogen) atoms. The third-order valence-corrected chi connectivity index (χ3v) is 3.61. The second kappa shape index (κ2) is 8.19. The Labute approximate surface area is 147 Å². The molecule has 0 aliphatic carbocycles. The molecule has 3 amide bonds. The summed E-state index contributed by atoms with van der Waals surface area (Å²) in [6.07, 6.45) is -0.610. The van der Waals surface area contributed by atoms with E-state index in [4.69, 9.17) is 10.5 Å². The number of rotatable bonds is 5. The van der Waals surface area contributed by atoms with Crippen molar-refractivity contribution in [2.24, 2.45) is 0 Å². The maximum atomic E-state index is 12.1. The predicted molar refractivity (Wildman–Crippen MR) is 97.5 cm³/mol. The van der Waals surface area contributed by atoms with Gasteiger partial charge in [0.05, 0.1) is 5.56 Å². The van der Waals surface area contributed by atoms with Gasteiger partial charge in [-0.25, -0.2) is 4.79 Å². The number of carbonyl (C=O) groups is 2. The molecule has 6 nitrogen and oxygen atoms in total. The highest BCUT2D eigenvalue weighted by Gasteiger charge is 2.16. The fourth-order valence-corrected chi connectivity index (χ4v) is 2.38. The van der Waals surface area contributed by atoms with E-state index in [9.17, 15) is 9.59 Å². The third kappa shape index (κ3) is 4.97. The molecule has 1 unspecified atom stereocenters. The van der Waals surface area contributed by atoms with E-state index >= 15 is 0 Å². The average Bonchev–Trinajstić information content (AvgIpc) is 2.55. The maximum Gasteiger partial charge on any atom is 0.324 e. The van der Waals surface area contributed by atoms with Gasteiger partial charge in [-0.1, -0.05) is 44.2 Å². The van der Waals surface area contributed by atoms with Gasteiger partial charge in [-0.05, 0) is 36.6 Å². The molecule has 0 fully saturated rings. The van der Waals surface area contributed by atoms with Crippen molar-refractivity contribution in [3.63, 3.8) is 0 Å². The number of benzene rings is 2. The summed E-state index contributed by atoms with van der Waals surface area (Å²) in [5.74, 6) is 0.425. The van der Waals surface area contributed by atoms with Crippen molar-refractivity contribution in [2.75, 3.05) is 5.73 Å². The molecule has 0 heterocycles. The number of nitrogen functional groups attached to an aromatic ring is 1. The molecular weight excluding hydrogens is 318 g/mol. The van der Waals surface area contributed by atoms with Crippen molar-refractivity contribution in [3.8, 4) is 5.75 Å². The van der Waals surface area contributed by atoms with Crippen LogP contribution in [0, 0.1) is 0 Å². The van der Waals surface area contributed by atoms with Crippen LogP contribution in [0.1, 0.15) is 42.6 Å². The van der Waals surface area contributed by atoms with Crippen molar-refractivity contribution in [1.29, 1.82) is 0 Å². The van der Waals surface area contributed by atoms with Gasteiger partial charge in [-0.3, -0.25) is 10.1 Å². The third-order valence-electron chi connectivity index (χ3n) is 3.61. The second-order valence-corrected chi connectivity index (χ2v) is 5.97. The van der Waals surface area contributed by atoms with Crippen molar-refractivity contribution in [1.82, 2.24) is 10.6 Å². The topological polar surface area (TPSA) is 93.5 Å². The molecule has 4 N–H and O–H groups in total. The maximum absolute atomic E-state index is 12.1. The van der Waals surface area contributed by atoms with Crippen LogP contribution in [-0.4, -0.2) is 18.2 Å². The number of carbonyl (C=O) groups excluding carboxylic acids is 2. The summed E-state index contributed by atoms with van der Waals surface area (Å²) in [5, 5.41) is 4.82. The molecule has 0 saturated heterocycles. The Morgan fingerprint density at radius 2 is 1.64 bits per heavy atom. The molecule has 0 radical (unpaired) electrons. The van der Waals surface area contributed by atoms with Crippen molar-refractivity contribution >= 4 is 17.6 Å². The smallest absolute Gasteiger partial charge is 0.324 e. The van der Waals surface area contributed by atoms with Gasteiger partial charge in [-0.15, -0.1) is 0 Å². The second-order valence-electron chi connectivity index (χ2n) is 5.97. The molecule has 0 saturated carbocycles. The van der Waals surface area contributed by atoms with Crippen LogP contribution >= 0.6 is 0 Å². The zero-order valence-corrected chi connectivity index (χ0v) is 14.6. The van der Waals surface area contributed by atoms with Crippen LogP contribution < -0.4 is 21.1 Å². The number of hydrogen-bond donors (Lipinski definition) is 3. The van der Waals surface area contributed by atoms with E-state index in [1.807, 2.05) is 24.3 Å². The molecule has 2 rings (SSSR count). The summed E-state index contributed by atoms with van der Waals surface area (Å²) in [5.41, 5.74) is 7.33. The van der Waals surface area contributed by atoms with Gasteiger partial charge in [0.1, 0.15) is 5.75 Å². The average molecular weight is 341 g/mol. The SMILES string of the molecule is CC(NC(=O)NC(=O)c1ccccc1N)Oc1ccccc1C(C)C. The molecule has 0 aliphatic rings. The predicted octanol–water partition coefficient (Wildman–Crippen LogP) is 3.26. The van der Waals surface area contributed by atoms with Gasteiger partial charge in [0.15, 0.2) is 6.23 Å². The first-order valence-electron chi connectivity index (χ1n) is 8.10. The number of para-hydroxylation sites is 2. The Balaban J connectivity index is 1.95. The van der Waals surface area contributed by atoms with Crippen LogP contribution in [0.15, 0.2) is 48.5 Å². The van der Waals surface area contributed by atoms with E-state index in [2.05, 4.69) is 24.5 Å². The van der Waals surface area contributed by atoms with Crippen molar-refractivity contribution in [3.05, 3.63) is 59.7 Å².